The molecule has 2 atom stereocenters. The number of anilines is 2. The van der Waals surface area contributed by atoms with Gasteiger partial charge in [-0.2, -0.15) is 9.97 Å². The molecule has 0 spiro atoms. The molecule has 2 N–H and O–H groups in total. The van der Waals surface area contributed by atoms with Crippen molar-refractivity contribution >= 4 is 45.4 Å². The Morgan fingerprint density at radius 2 is 1.98 bits per heavy atom. The van der Waals surface area contributed by atoms with E-state index in [-0.39, 0.29) is 65.1 Å². The lowest BCUT2D eigenvalue weighted by Crippen LogP contribution is -2.43. The second kappa shape index (κ2) is 17.3. The molecule has 6 heterocycles. The number of alkyl halides is 1. The van der Waals surface area contributed by atoms with Gasteiger partial charge in [-0.15, -0.1) is 6.42 Å². The summed E-state index contributed by atoms with van der Waals surface area (Å²) in [5, 5.41) is 5.36. The number of nitrogens with one attached hydrogen (secondary N) is 2. The Kier molecular flexibility index (Phi) is 11.7. The first-order chi connectivity index (χ1) is 29.1. The summed E-state index contributed by atoms with van der Waals surface area (Å²) in [6.45, 7) is 2.33. The second-order valence-electron chi connectivity index (χ2n) is 15.2. The van der Waals surface area contributed by atoms with Crippen molar-refractivity contribution in [3.05, 3.63) is 71.6 Å². The largest absolute Gasteiger partial charge is 0.461 e. The van der Waals surface area contributed by atoms with Crippen molar-refractivity contribution < 1.29 is 37.0 Å². The van der Waals surface area contributed by atoms with Crippen LogP contribution in [0.4, 0.5) is 29.6 Å². The second-order valence-corrected chi connectivity index (χ2v) is 15.2. The average molecular weight is 824 g/mol. The van der Waals surface area contributed by atoms with E-state index in [9.17, 15) is 14.0 Å². The van der Waals surface area contributed by atoms with Gasteiger partial charge in [-0.1, -0.05) is 24.5 Å². The lowest BCUT2D eigenvalue weighted by atomic mass is 9.95. The zero-order valence-electron chi connectivity index (χ0n) is 33.3. The van der Waals surface area contributed by atoms with Gasteiger partial charge < -0.3 is 19.5 Å². The molecule has 14 nitrogen and oxygen atoms in total. The van der Waals surface area contributed by atoms with Gasteiger partial charge in [0.05, 0.1) is 23.0 Å². The molecule has 5 aromatic rings. The summed E-state index contributed by atoms with van der Waals surface area (Å²) < 4.78 is 64.8. The van der Waals surface area contributed by atoms with E-state index in [1.54, 1.807) is 19.2 Å². The quantitative estimate of drug-likeness (QED) is 0.122. The van der Waals surface area contributed by atoms with Crippen molar-refractivity contribution in [3.8, 4) is 35.4 Å². The average Bonchev–Trinajstić information content (AvgIpc) is 3.63. The third kappa shape index (κ3) is 7.97. The number of terminal acetylenes is 1. The number of likely N-dealkylation sites (N-methyl/N-ethyl adjacent to an activating group) is 1. The smallest absolute Gasteiger partial charge is 0.420 e. The molecule has 60 heavy (non-hydrogen) atoms. The van der Waals surface area contributed by atoms with E-state index in [0.717, 1.165) is 43.5 Å². The molecule has 312 valence electrons. The molecule has 0 saturated carbocycles. The first-order valence-electron chi connectivity index (χ1n) is 19.9. The van der Waals surface area contributed by atoms with Gasteiger partial charge in [0.15, 0.2) is 11.6 Å². The van der Waals surface area contributed by atoms with Gasteiger partial charge in [-0.3, -0.25) is 24.6 Å². The van der Waals surface area contributed by atoms with Crippen LogP contribution < -0.4 is 30.1 Å². The van der Waals surface area contributed by atoms with Crippen LogP contribution >= 0.6 is 0 Å². The molecule has 3 aliphatic rings. The highest BCUT2D eigenvalue weighted by Crippen LogP contribution is 2.42. The minimum Gasteiger partial charge on any atom is -0.461 e. The van der Waals surface area contributed by atoms with Crippen LogP contribution in [0.5, 0.6) is 11.8 Å². The Bertz CT molecular complexity index is 2500. The Morgan fingerprint density at radius 3 is 2.82 bits per heavy atom. The Hall–Kier alpha value is -6.09. The van der Waals surface area contributed by atoms with E-state index in [2.05, 4.69) is 36.5 Å². The number of amides is 1. The molecule has 3 fully saturated rings. The third-order valence-electron chi connectivity index (χ3n) is 11.3. The van der Waals surface area contributed by atoms with Gasteiger partial charge in [0.25, 0.3) is 0 Å². The number of benzene rings is 2. The van der Waals surface area contributed by atoms with Gasteiger partial charge in [-0.25, -0.2) is 28.4 Å². The molecule has 0 aliphatic carbocycles. The number of esters is 1. The minimum absolute atomic E-state index is 0.00409. The number of nitrogens with zero attached hydrogens (tertiary/aromatic N) is 7. The summed E-state index contributed by atoms with van der Waals surface area (Å²) in [6, 6.07) is 8.68. The van der Waals surface area contributed by atoms with E-state index in [1.807, 2.05) is 5.01 Å². The van der Waals surface area contributed by atoms with Crippen LogP contribution in [-0.2, 0) is 16.1 Å². The first-order valence-corrected chi connectivity index (χ1v) is 19.9. The van der Waals surface area contributed by atoms with Gasteiger partial charge in [0, 0.05) is 62.0 Å². The van der Waals surface area contributed by atoms with Crippen LogP contribution in [0.15, 0.2) is 48.8 Å². The standard InChI is InChI=1S/C43H44F3N9O5/c1-4-30-33(45)12-11-26-18-29(60-42(57)53(3)39-27(10-8-14-48-39)24-58-34(56)22-47-2)19-31(35(26)30)37-36(46)38-32(21-49-37)40(55-17-7-5-6-15-50-55)52-41(51-38)59-25-43-13-9-16-54(43)23-28(44)20-43/h1,8,10-12,14,18-19,21,28,47,50H,5-7,9,13,15-17,20,22-25H2,2-3H3/t28-,43+/m1/s1. The van der Waals surface area contributed by atoms with Crippen molar-refractivity contribution in [2.45, 2.75) is 56.8 Å². The number of aromatic nitrogens is 4. The highest BCUT2D eigenvalue weighted by Gasteiger charge is 2.49. The number of hydrogen-bond donors (Lipinski definition) is 2. The normalized spacial score (nSPS) is 19.2. The molecular weight excluding hydrogens is 780 g/mol. The van der Waals surface area contributed by atoms with Crippen molar-refractivity contribution in [1.29, 1.82) is 0 Å². The van der Waals surface area contributed by atoms with E-state index in [4.69, 9.17) is 25.6 Å². The SMILES string of the molecule is C#Cc1c(F)ccc2cc(OC(=O)N(C)c3ncccc3COC(=O)CNC)cc(-c3ncc4c(N5CCCCCN5)nc(OC[C@@]56CCCN5C[C@H](F)C6)nc4c3F)c12. The number of carbonyl (C=O) groups is 2. The topological polar surface area (TPSA) is 147 Å². The minimum atomic E-state index is -0.968. The summed E-state index contributed by atoms with van der Waals surface area (Å²) in [5.41, 5.74) is 2.84. The maximum Gasteiger partial charge on any atom is 0.420 e. The van der Waals surface area contributed by atoms with Crippen LogP contribution in [-0.4, -0.2) is 102 Å². The van der Waals surface area contributed by atoms with Gasteiger partial charge in [0.1, 0.15) is 48.0 Å². The molecule has 1 amide bonds. The monoisotopic (exact) mass is 823 g/mol. The summed E-state index contributed by atoms with van der Waals surface area (Å²) in [4.78, 5) is 47.2. The Balaban J connectivity index is 1.19. The maximum atomic E-state index is 17.4. The first kappa shape index (κ1) is 40.7. The van der Waals surface area contributed by atoms with Crippen molar-refractivity contribution in [1.82, 2.24) is 35.6 Å². The van der Waals surface area contributed by atoms with Crippen LogP contribution in [0.3, 0.4) is 0 Å². The molecular formula is C43H44F3N9O5. The lowest BCUT2D eigenvalue weighted by Gasteiger charge is -2.31. The number of carbonyl (C=O) groups excluding carboxylic acids is 2. The maximum absolute atomic E-state index is 17.4. The number of hydrogen-bond acceptors (Lipinski definition) is 13. The number of pyridine rings is 2. The highest BCUT2D eigenvalue weighted by atomic mass is 19.1. The lowest BCUT2D eigenvalue weighted by molar-refractivity contribution is -0.143. The molecule has 3 aromatic heterocycles. The summed E-state index contributed by atoms with van der Waals surface area (Å²) in [7, 11) is 3.05. The van der Waals surface area contributed by atoms with E-state index >= 15 is 8.78 Å². The highest BCUT2D eigenvalue weighted by molar-refractivity contribution is 6.03. The van der Waals surface area contributed by atoms with Crippen molar-refractivity contribution in [3.63, 3.8) is 0 Å². The number of ether oxygens (including phenoxy) is 3. The Morgan fingerprint density at radius 1 is 1.12 bits per heavy atom. The van der Waals surface area contributed by atoms with Crippen LogP contribution in [0, 0.1) is 24.0 Å². The zero-order chi connectivity index (χ0) is 42.0. The number of halogens is 3. The number of rotatable bonds is 11. The Labute approximate surface area is 344 Å². The molecule has 0 unspecified atom stereocenters. The number of fused-ring (bicyclic) bond motifs is 3. The summed E-state index contributed by atoms with van der Waals surface area (Å²) in [6.07, 6.45) is 11.7. The van der Waals surface area contributed by atoms with E-state index in [1.165, 1.54) is 43.7 Å². The predicted octanol–water partition coefficient (Wildman–Crippen LogP) is 5.85. The predicted molar refractivity (Wildman–Crippen MR) is 218 cm³/mol. The van der Waals surface area contributed by atoms with Gasteiger partial charge in [0.2, 0.25) is 0 Å². The molecule has 17 heteroatoms. The summed E-state index contributed by atoms with van der Waals surface area (Å²) in [5.74, 6) is 0.802. The zero-order valence-corrected chi connectivity index (χ0v) is 33.3. The fourth-order valence-electron chi connectivity index (χ4n) is 8.43. The van der Waals surface area contributed by atoms with E-state index < -0.39 is 35.4 Å². The van der Waals surface area contributed by atoms with Gasteiger partial charge >= 0.3 is 18.1 Å². The van der Waals surface area contributed by atoms with Crippen LogP contribution in [0.25, 0.3) is 32.9 Å². The third-order valence-corrected chi connectivity index (χ3v) is 11.3. The molecule has 2 aromatic carbocycles. The van der Waals surface area contributed by atoms with Crippen molar-refractivity contribution in [2.24, 2.45) is 0 Å². The van der Waals surface area contributed by atoms with Crippen LogP contribution in [0.1, 0.15) is 49.7 Å². The fourth-order valence-corrected chi connectivity index (χ4v) is 8.43. The van der Waals surface area contributed by atoms with E-state index in [0.29, 0.717) is 48.2 Å². The molecule has 0 radical (unpaired) electrons. The fraction of sp³-hybridized carbons (Fsp3) is 0.395. The van der Waals surface area contributed by atoms with Crippen LogP contribution in [0.2, 0.25) is 0 Å². The van der Waals surface area contributed by atoms with Gasteiger partial charge in [-0.05, 0) is 68.9 Å². The molecule has 0 bridgehead atoms. The molecule has 3 saturated heterocycles. The molecule has 3 aliphatic heterocycles. The summed E-state index contributed by atoms with van der Waals surface area (Å²) >= 11 is 0. The molecule has 8 rings (SSSR count). The number of hydrazine groups is 1. The van der Waals surface area contributed by atoms with Crippen molar-refractivity contribution in [2.75, 3.05) is 63.3 Å².